The lowest BCUT2D eigenvalue weighted by Crippen LogP contribution is -2.17. The minimum absolute atomic E-state index is 0.288. The van der Waals surface area contributed by atoms with E-state index in [-0.39, 0.29) is 3.57 Å². The predicted molar refractivity (Wildman–Crippen MR) is 62.5 cm³/mol. The van der Waals surface area contributed by atoms with E-state index in [1.165, 1.54) is 6.07 Å². The second kappa shape index (κ2) is 7.14. The molecule has 0 aliphatic carbocycles. The van der Waals surface area contributed by atoms with Crippen LogP contribution in [0.25, 0.3) is 0 Å². The van der Waals surface area contributed by atoms with Crippen LogP contribution < -0.4 is 4.74 Å². The third-order valence-electron chi connectivity index (χ3n) is 1.25. The molecule has 0 saturated carbocycles. The van der Waals surface area contributed by atoms with Crippen LogP contribution >= 0.6 is 29.0 Å². The van der Waals surface area contributed by atoms with E-state index in [0.717, 1.165) is 12.1 Å². The second-order valence-electron chi connectivity index (χ2n) is 2.73. The van der Waals surface area contributed by atoms with Gasteiger partial charge in [-0.2, -0.15) is 0 Å². The highest BCUT2D eigenvalue weighted by Crippen LogP contribution is 2.34. The third kappa shape index (κ3) is 9.78. The third-order valence-corrected chi connectivity index (χ3v) is 2.77. The number of hydrogen-bond acceptors (Lipinski definition) is 4. The molecule has 0 atom stereocenters. The molecule has 0 amide bonds. The van der Waals surface area contributed by atoms with Gasteiger partial charge in [-0.1, -0.05) is 6.07 Å². The van der Waals surface area contributed by atoms with Gasteiger partial charge in [-0.05, 0) is 12.1 Å². The zero-order valence-electron chi connectivity index (χ0n) is 8.70. The molecule has 0 heterocycles. The Labute approximate surface area is 114 Å². The van der Waals surface area contributed by atoms with Crippen LogP contribution in [0.4, 0.5) is 13.2 Å². The molecule has 110 valence electrons. The van der Waals surface area contributed by atoms with Gasteiger partial charge >= 0.3 is 14.2 Å². The quantitative estimate of drug-likeness (QED) is 0.427. The molecule has 0 radical (unpaired) electrons. The van der Waals surface area contributed by atoms with E-state index in [2.05, 4.69) is 4.74 Å². The molecule has 12 heteroatoms. The molecule has 0 saturated heterocycles. The summed E-state index contributed by atoms with van der Waals surface area (Å²) in [5.74, 6) is -1.06. The number of phenols is 1. The van der Waals surface area contributed by atoms with E-state index in [4.69, 9.17) is 24.4 Å². The van der Waals surface area contributed by atoms with E-state index in [1.54, 1.807) is 0 Å². The molecule has 4 N–H and O–H groups in total. The first-order chi connectivity index (χ1) is 8.44. The van der Waals surface area contributed by atoms with Crippen molar-refractivity contribution < 1.29 is 45.3 Å². The number of phenolic OH excluding ortho intramolecular Hbond substituents is 1. The monoisotopic (exact) mass is 418 g/mol. The van der Waals surface area contributed by atoms with Crippen molar-refractivity contribution in [3.05, 3.63) is 21.8 Å². The average Bonchev–Trinajstić information content (AvgIpc) is 2.12. The maximum absolute atomic E-state index is 11.8. The maximum Gasteiger partial charge on any atom is 0.573 e. The van der Waals surface area contributed by atoms with E-state index < -0.39 is 46.9 Å². The molecule has 7 nitrogen and oxygen atoms in total. The van der Waals surface area contributed by atoms with Crippen LogP contribution in [0.2, 0.25) is 0 Å². The maximum atomic E-state index is 11.8. The summed E-state index contributed by atoms with van der Waals surface area (Å²) in [5, 5.41) is 9.07. The molecule has 1 aromatic rings. The first-order valence-corrected chi connectivity index (χ1v) is 7.59. The topological polar surface area (TPSA) is 124 Å². The smallest absolute Gasteiger partial charge is 0.507 e. The molecule has 0 aliphatic heterocycles. The van der Waals surface area contributed by atoms with Crippen LogP contribution in [-0.2, 0) is 7.63 Å². The summed E-state index contributed by atoms with van der Waals surface area (Å²) < 4.78 is 58.1. The summed E-state index contributed by atoms with van der Waals surface area (Å²) in [7, 11) is -4.64. The van der Waals surface area contributed by atoms with Crippen molar-refractivity contribution in [2.45, 2.75) is 6.36 Å². The lowest BCUT2D eigenvalue weighted by atomic mass is 10.3. The fourth-order valence-corrected chi connectivity index (χ4v) is 1.69. The van der Waals surface area contributed by atoms with Crippen molar-refractivity contribution in [3.63, 3.8) is 0 Å². The molecule has 0 spiro atoms. The Morgan fingerprint density at radius 3 is 2.05 bits per heavy atom. The normalized spacial score (nSPS) is 11.5. The number of rotatable bonds is 2. The van der Waals surface area contributed by atoms with E-state index in [0.29, 0.717) is 0 Å². The lowest BCUT2D eigenvalue weighted by molar-refractivity contribution is -0.275. The molecule has 0 fully saturated rings. The van der Waals surface area contributed by atoms with Gasteiger partial charge in [0.15, 0.2) is 21.2 Å². The first kappa shape index (κ1) is 18.2. The summed E-state index contributed by atoms with van der Waals surface area (Å²) in [6.07, 6.45) is -4.85. The Kier molecular flexibility index (Phi) is 6.86. The SMILES string of the molecule is O=Ic1c(O)cccc1OC(F)(F)F.O=P(O)(O)O. The predicted octanol–water partition coefficient (Wildman–Crippen LogP) is 1.85. The van der Waals surface area contributed by atoms with Gasteiger partial charge in [0, 0.05) is 0 Å². The molecule has 19 heavy (non-hydrogen) atoms. The van der Waals surface area contributed by atoms with Crippen molar-refractivity contribution >= 4 is 29.0 Å². The number of alkyl halides is 3. The summed E-state index contributed by atoms with van der Waals surface area (Å²) in [6, 6.07) is 3.33. The molecular formula is C7H7F3IO7P. The van der Waals surface area contributed by atoms with Gasteiger partial charge in [0.1, 0.15) is 15.1 Å². The lowest BCUT2D eigenvalue weighted by Gasteiger charge is -2.10. The summed E-state index contributed by atoms with van der Waals surface area (Å²) in [5.41, 5.74) is 0. The van der Waals surface area contributed by atoms with Gasteiger partial charge in [0.05, 0.1) is 0 Å². The van der Waals surface area contributed by atoms with Crippen LogP contribution in [0.3, 0.4) is 0 Å². The number of benzene rings is 1. The number of halogens is 4. The van der Waals surface area contributed by atoms with Gasteiger partial charge in [0.2, 0.25) is 0 Å². The highest BCUT2D eigenvalue weighted by Gasteiger charge is 2.32. The Morgan fingerprint density at radius 1 is 1.21 bits per heavy atom. The van der Waals surface area contributed by atoms with Crippen molar-refractivity contribution in [1.82, 2.24) is 0 Å². The number of hydrogen-bond donors (Lipinski definition) is 4. The molecule has 1 rings (SSSR count). The van der Waals surface area contributed by atoms with Gasteiger partial charge in [-0.3, -0.25) is 3.07 Å². The summed E-state index contributed by atoms with van der Waals surface area (Å²) in [4.78, 5) is 21.6. The zero-order chi connectivity index (χ0) is 15.3. The molecule has 0 unspecified atom stereocenters. The largest absolute Gasteiger partial charge is 0.573 e. The minimum Gasteiger partial charge on any atom is -0.507 e. The van der Waals surface area contributed by atoms with Crippen LogP contribution in [0.15, 0.2) is 18.2 Å². The van der Waals surface area contributed by atoms with Crippen LogP contribution in [0.1, 0.15) is 0 Å². The van der Waals surface area contributed by atoms with Gasteiger partial charge in [0.25, 0.3) is 0 Å². The highest BCUT2D eigenvalue weighted by atomic mass is 127. The zero-order valence-corrected chi connectivity index (χ0v) is 11.8. The second-order valence-corrected chi connectivity index (χ2v) is 5.27. The van der Waals surface area contributed by atoms with Crippen molar-refractivity contribution in [2.75, 3.05) is 0 Å². The molecular weight excluding hydrogens is 411 g/mol. The molecule has 0 bridgehead atoms. The molecule has 1 aromatic carbocycles. The highest BCUT2D eigenvalue weighted by molar-refractivity contribution is 14.1. The summed E-state index contributed by atoms with van der Waals surface area (Å²) >= 11 is -1.91. The molecule has 0 aromatic heterocycles. The van der Waals surface area contributed by atoms with Crippen molar-refractivity contribution in [1.29, 1.82) is 0 Å². The number of aromatic hydroxyl groups is 1. The van der Waals surface area contributed by atoms with Gasteiger partial charge < -0.3 is 24.5 Å². The van der Waals surface area contributed by atoms with Crippen LogP contribution in [0.5, 0.6) is 11.5 Å². The van der Waals surface area contributed by atoms with Crippen molar-refractivity contribution in [2.24, 2.45) is 0 Å². The fourth-order valence-electron chi connectivity index (χ4n) is 0.780. The fraction of sp³-hybridized carbons (Fsp3) is 0.143. The van der Waals surface area contributed by atoms with E-state index >= 15 is 0 Å². The first-order valence-electron chi connectivity index (χ1n) is 4.07. The van der Waals surface area contributed by atoms with Crippen LogP contribution in [-0.4, -0.2) is 26.1 Å². The van der Waals surface area contributed by atoms with Crippen LogP contribution in [0, 0.1) is 3.57 Å². The minimum atomic E-state index is -4.85. The Morgan fingerprint density at radius 2 is 1.68 bits per heavy atom. The van der Waals surface area contributed by atoms with Crippen molar-refractivity contribution in [3.8, 4) is 11.5 Å². The Balaban J connectivity index is 0.000000555. The number of phosphoric acid groups is 1. The van der Waals surface area contributed by atoms with Gasteiger partial charge in [-0.15, -0.1) is 13.2 Å². The van der Waals surface area contributed by atoms with E-state index in [1.807, 2.05) is 0 Å². The number of ether oxygens (including phenoxy) is 1. The van der Waals surface area contributed by atoms with Gasteiger partial charge in [-0.25, -0.2) is 4.57 Å². The average molecular weight is 418 g/mol. The summed E-state index contributed by atoms with van der Waals surface area (Å²) in [6.45, 7) is 0. The Hall–Kier alpha value is -0.750. The Bertz CT molecular complexity index is 478. The molecule has 0 aliphatic rings. The van der Waals surface area contributed by atoms with E-state index in [9.17, 15) is 16.2 Å². The standard InChI is InChI=1S/C7H4F3IO3.H3O4P/c8-7(9,10)14-5-3-1-2-4(12)6(5)11-13;1-5(2,3)4/h1-3,12H;(H3,1,2,3,4).